The van der Waals surface area contributed by atoms with Gasteiger partial charge in [-0.25, -0.2) is 4.79 Å². The molecule has 0 saturated carbocycles. The summed E-state index contributed by atoms with van der Waals surface area (Å²) in [5.74, 6) is -0.372. The first kappa shape index (κ1) is 15.3. The summed E-state index contributed by atoms with van der Waals surface area (Å²) in [6.45, 7) is -0.321. The molecule has 0 spiro atoms. The average molecular weight is 289 g/mol. The van der Waals surface area contributed by atoms with Gasteiger partial charge < -0.3 is 14.6 Å². The number of alkyl halides is 1. The Morgan fingerprint density at radius 3 is 2.84 bits per heavy atom. The van der Waals surface area contributed by atoms with E-state index in [0.717, 1.165) is 6.08 Å². The minimum Gasteiger partial charge on any atom is -0.493 e. The van der Waals surface area contributed by atoms with E-state index in [-0.39, 0.29) is 13.0 Å². The van der Waals surface area contributed by atoms with E-state index in [1.54, 1.807) is 12.1 Å². The van der Waals surface area contributed by atoms with E-state index in [1.807, 2.05) is 0 Å². The van der Waals surface area contributed by atoms with Crippen LogP contribution in [0.25, 0.3) is 6.08 Å². The van der Waals surface area contributed by atoms with Crippen LogP contribution in [0.4, 0.5) is 4.39 Å². The van der Waals surface area contributed by atoms with Crippen LogP contribution in [0.5, 0.6) is 11.5 Å². The molecule has 1 aromatic carbocycles. The second kappa shape index (κ2) is 7.63. The maximum atomic E-state index is 12.1. The van der Waals surface area contributed by atoms with Gasteiger partial charge in [0.2, 0.25) is 0 Å². The highest BCUT2D eigenvalue weighted by Gasteiger charge is 2.11. The Morgan fingerprint density at radius 2 is 2.26 bits per heavy atom. The average Bonchev–Trinajstić information content (AvgIpc) is 2.37. The Bertz CT molecular complexity index is 474. The van der Waals surface area contributed by atoms with Gasteiger partial charge in [0.15, 0.2) is 11.5 Å². The third-order valence-corrected chi connectivity index (χ3v) is 2.42. The zero-order chi connectivity index (χ0) is 14.3. The third-order valence-electron chi connectivity index (χ3n) is 2.20. The summed E-state index contributed by atoms with van der Waals surface area (Å²) < 4.78 is 22.6. The summed E-state index contributed by atoms with van der Waals surface area (Å²) in [7, 11) is 1.44. The molecule has 19 heavy (non-hydrogen) atoms. The first-order valence-electron chi connectivity index (χ1n) is 5.55. The lowest BCUT2D eigenvalue weighted by molar-refractivity contribution is -0.131. The Balaban J connectivity index is 3.09. The third kappa shape index (κ3) is 4.79. The van der Waals surface area contributed by atoms with Crippen molar-refractivity contribution in [2.75, 3.05) is 20.4 Å². The molecule has 0 amide bonds. The van der Waals surface area contributed by atoms with Crippen molar-refractivity contribution in [2.45, 2.75) is 6.42 Å². The zero-order valence-corrected chi connectivity index (χ0v) is 11.1. The van der Waals surface area contributed by atoms with Crippen molar-refractivity contribution < 1.29 is 23.8 Å². The second-order valence-electron chi connectivity index (χ2n) is 3.59. The second-order valence-corrected chi connectivity index (χ2v) is 4.03. The number of carbonyl (C=O) groups is 1. The van der Waals surface area contributed by atoms with E-state index in [1.165, 1.54) is 13.2 Å². The molecule has 0 saturated heterocycles. The van der Waals surface area contributed by atoms with Gasteiger partial charge in [-0.2, -0.15) is 0 Å². The molecule has 1 aromatic rings. The summed E-state index contributed by atoms with van der Waals surface area (Å²) in [4.78, 5) is 10.5. The Labute approximate surface area is 115 Å². The highest BCUT2D eigenvalue weighted by molar-refractivity contribution is 6.31. The van der Waals surface area contributed by atoms with Crippen molar-refractivity contribution in [1.29, 1.82) is 0 Å². The lowest BCUT2D eigenvalue weighted by Gasteiger charge is -2.13. The van der Waals surface area contributed by atoms with Gasteiger partial charge >= 0.3 is 5.97 Å². The van der Waals surface area contributed by atoms with Crippen LogP contribution >= 0.6 is 11.6 Å². The molecule has 4 nitrogen and oxygen atoms in total. The van der Waals surface area contributed by atoms with Crippen LogP contribution in [0.15, 0.2) is 18.2 Å². The number of hydrogen-bond donors (Lipinski definition) is 1. The topological polar surface area (TPSA) is 55.8 Å². The van der Waals surface area contributed by atoms with Gasteiger partial charge in [0.1, 0.15) is 0 Å². The molecular weight excluding hydrogens is 275 g/mol. The summed E-state index contributed by atoms with van der Waals surface area (Å²) in [6, 6.07) is 3.10. The smallest absolute Gasteiger partial charge is 0.328 e. The zero-order valence-electron chi connectivity index (χ0n) is 10.4. The number of methoxy groups -OCH3 is 1. The maximum Gasteiger partial charge on any atom is 0.328 e. The number of ether oxygens (including phenoxy) is 2. The molecule has 0 bridgehead atoms. The molecule has 0 unspecified atom stereocenters. The fraction of sp³-hybridized carbons (Fsp3) is 0.308. The number of rotatable bonds is 7. The van der Waals surface area contributed by atoms with Crippen LogP contribution < -0.4 is 9.47 Å². The van der Waals surface area contributed by atoms with Gasteiger partial charge in [-0.05, 0) is 12.1 Å². The minimum atomic E-state index is -1.09. The van der Waals surface area contributed by atoms with Crippen molar-refractivity contribution in [2.24, 2.45) is 0 Å². The molecule has 1 N–H and O–H groups in total. The molecule has 0 aliphatic carbocycles. The molecule has 0 radical (unpaired) electrons. The van der Waals surface area contributed by atoms with E-state index in [2.05, 4.69) is 0 Å². The Hall–Kier alpha value is -1.75. The molecule has 0 aliphatic heterocycles. The molecular formula is C13H14ClFO4. The highest BCUT2D eigenvalue weighted by Crippen LogP contribution is 2.35. The number of halogens is 2. The molecule has 0 heterocycles. The number of benzene rings is 1. The van der Waals surface area contributed by atoms with E-state index in [0.29, 0.717) is 22.1 Å². The molecule has 0 fully saturated rings. The van der Waals surface area contributed by atoms with Gasteiger partial charge in [0.05, 0.1) is 20.4 Å². The largest absolute Gasteiger partial charge is 0.493 e. The van der Waals surface area contributed by atoms with Gasteiger partial charge in [-0.15, -0.1) is 0 Å². The fourth-order valence-corrected chi connectivity index (χ4v) is 1.63. The fourth-order valence-electron chi connectivity index (χ4n) is 1.41. The van der Waals surface area contributed by atoms with Crippen molar-refractivity contribution in [3.63, 3.8) is 0 Å². The van der Waals surface area contributed by atoms with Gasteiger partial charge in [-0.3, -0.25) is 4.39 Å². The first-order valence-corrected chi connectivity index (χ1v) is 5.93. The number of aliphatic carboxylic acids is 1. The van der Waals surface area contributed by atoms with Crippen molar-refractivity contribution in [1.82, 2.24) is 0 Å². The van der Waals surface area contributed by atoms with Gasteiger partial charge in [0, 0.05) is 29.1 Å². The van der Waals surface area contributed by atoms with Crippen molar-refractivity contribution in [3.8, 4) is 11.5 Å². The maximum absolute atomic E-state index is 12.1. The van der Waals surface area contributed by atoms with E-state index in [9.17, 15) is 9.18 Å². The molecule has 1 rings (SSSR count). The summed E-state index contributed by atoms with van der Waals surface area (Å²) in [6.07, 6.45) is 2.56. The van der Waals surface area contributed by atoms with Crippen LogP contribution in [0.1, 0.15) is 12.0 Å². The van der Waals surface area contributed by atoms with Crippen LogP contribution in [0.3, 0.4) is 0 Å². The van der Waals surface area contributed by atoms with Gasteiger partial charge in [0.25, 0.3) is 0 Å². The molecule has 104 valence electrons. The Kier molecular flexibility index (Phi) is 6.15. The summed E-state index contributed by atoms with van der Waals surface area (Å²) >= 11 is 5.90. The number of hydrogen-bond acceptors (Lipinski definition) is 3. The van der Waals surface area contributed by atoms with E-state index < -0.39 is 12.6 Å². The van der Waals surface area contributed by atoms with Crippen LogP contribution in [0, 0.1) is 0 Å². The molecule has 0 atom stereocenters. The van der Waals surface area contributed by atoms with Crippen LogP contribution in [-0.2, 0) is 4.79 Å². The van der Waals surface area contributed by atoms with Gasteiger partial charge in [-0.1, -0.05) is 11.6 Å². The van der Waals surface area contributed by atoms with E-state index >= 15 is 0 Å². The molecule has 0 aromatic heterocycles. The predicted octanol–water partition coefficient (Wildman–Crippen LogP) is 3.18. The predicted molar refractivity (Wildman–Crippen MR) is 70.8 cm³/mol. The molecule has 6 heteroatoms. The first-order chi connectivity index (χ1) is 9.08. The standard InChI is InChI=1S/C13H14ClFO4/c1-18-11-8-10(14)7-9(3-4-12(16)17)13(11)19-6-2-5-15/h3-4,7-8H,2,5-6H2,1H3,(H,16,17)/b4-3+. The number of carboxylic acids is 1. The monoisotopic (exact) mass is 288 g/mol. The van der Waals surface area contributed by atoms with E-state index in [4.69, 9.17) is 26.2 Å². The summed E-state index contributed by atoms with van der Waals surface area (Å²) in [5, 5.41) is 9.02. The minimum absolute atomic E-state index is 0.169. The lowest BCUT2D eigenvalue weighted by Crippen LogP contribution is -2.02. The lowest BCUT2D eigenvalue weighted by atomic mass is 10.1. The van der Waals surface area contributed by atoms with Crippen LogP contribution in [0.2, 0.25) is 5.02 Å². The quantitative estimate of drug-likeness (QED) is 0.618. The SMILES string of the molecule is COc1cc(Cl)cc(/C=C/C(=O)O)c1OCCCF. The van der Waals surface area contributed by atoms with Crippen LogP contribution in [-0.4, -0.2) is 31.5 Å². The number of carboxylic acid groups (broad SMARTS) is 1. The van der Waals surface area contributed by atoms with Crippen molar-refractivity contribution >= 4 is 23.6 Å². The summed E-state index contributed by atoms with van der Waals surface area (Å²) in [5.41, 5.74) is 0.464. The Morgan fingerprint density at radius 1 is 1.53 bits per heavy atom. The van der Waals surface area contributed by atoms with Crippen molar-refractivity contribution in [3.05, 3.63) is 28.8 Å². The highest BCUT2D eigenvalue weighted by atomic mass is 35.5. The normalized spacial score (nSPS) is 10.7. The molecule has 0 aliphatic rings.